The van der Waals surface area contributed by atoms with Crippen molar-refractivity contribution >= 4 is 5.69 Å². The number of hydrogen-bond donors (Lipinski definition) is 1. The van der Waals surface area contributed by atoms with Crippen LogP contribution in [0.25, 0.3) is 0 Å². The van der Waals surface area contributed by atoms with E-state index in [0.717, 1.165) is 12.0 Å². The highest BCUT2D eigenvalue weighted by molar-refractivity contribution is 5.53. The van der Waals surface area contributed by atoms with E-state index in [9.17, 15) is 0 Å². The first-order valence-corrected chi connectivity index (χ1v) is 6.23. The third-order valence-corrected chi connectivity index (χ3v) is 2.95. The van der Waals surface area contributed by atoms with E-state index >= 15 is 0 Å². The molecular formula is C16H16N2O. The Morgan fingerprint density at radius 2 is 1.79 bits per heavy atom. The van der Waals surface area contributed by atoms with Crippen LogP contribution in [0.5, 0.6) is 5.75 Å². The van der Waals surface area contributed by atoms with Crippen LogP contribution in [0.1, 0.15) is 23.6 Å². The number of nitrogen functional groups attached to an aromatic ring is 1. The van der Waals surface area contributed by atoms with Crippen LogP contribution in [0, 0.1) is 11.3 Å². The van der Waals surface area contributed by atoms with E-state index in [1.54, 1.807) is 18.2 Å². The van der Waals surface area contributed by atoms with Crippen molar-refractivity contribution < 1.29 is 4.74 Å². The summed E-state index contributed by atoms with van der Waals surface area (Å²) in [6.07, 6.45) is 1.03. The number of nitrogens with zero attached hydrogens (tertiary/aromatic N) is 1. The molecule has 0 aromatic heterocycles. The van der Waals surface area contributed by atoms with Crippen LogP contribution in [0.15, 0.2) is 42.5 Å². The second kappa shape index (κ2) is 5.92. The molecule has 2 aromatic rings. The van der Waals surface area contributed by atoms with Crippen LogP contribution in [-0.2, 0) is 13.0 Å². The van der Waals surface area contributed by atoms with Gasteiger partial charge in [-0.25, -0.2) is 0 Å². The number of aryl methyl sites for hydroxylation is 1. The number of hydrogen-bond acceptors (Lipinski definition) is 3. The minimum atomic E-state index is 0.447. The molecule has 2 N–H and O–H groups in total. The normalized spacial score (nSPS) is 9.89. The van der Waals surface area contributed by atoms with Gasteiger partial charge in [-0.2, -0.15) is 5.26 Å². The zero-order valence-electron chi connectivity index (χ0n) is 10.9. The lowest BCUT2D eigenvalue weighted by Gasteiger charge is -2.09. The molecule has 2 rings (SSSR count). The van der Waals surface area contributed by atoms with E-state index in [2.05, 4.69) is 25.1 Å². The van der Waals surface area contributed by atoms with Crippen LogP contribution < -0.4 is 10.5 Å². The average Bonchev–Trinajstić information content (AvgIpc) is 2.46. The molecule has 0 saturated carbocycles. The van der Waals surface area contributed by atoms with Gasteiger partial charge in [0.15, 0.2) is 0 Å². The maximum atomic E-state index is 9.02. The smallest absolute Gasteiger partial charge is 0.137 e. The summed E-state index contributed by atoms with van der Waals surface area (Å²) in [7, 11) is 0. The van der Waals surface area contributed by atoms with E-state index in [1.807, 2.05) is 12.1 Å². The highest BCUT2D eigenvalue weighted by Crippen LogP contribution is 2.21. The Hall–Kier alpha value is -2.47. The summed E-state index contributed by atoms with van der Waals surface area (Å²) >= 11 is 0. The first kappa shape index (κ1) is 13.0. The van der Waals surface area contributed by atoms with Gasteiger partial charge >= 0.3 is 0 Å². The molecule has 0 bridgehead atoms. The molecule has 0 saturated heterocycles. The molecule has 19 heavy (non-hydrogen) atoms. The van der Waals surface area contributed by atoms with E-state index in [4.69, 9.17) is 15.7 Å². The van der Waals surface area contributed by atoms with Gasteiger partial charge in [0.2, 0.25) is 0 Å². The summed E-state index contributed by atoms with van der Waals surface area (Å²) < 4.78 is 5.66. The second-order valence-corrected chi connectivity index (χ2v) is 4.33. The van der Waals surface area contributed by atoms with Gasteiger partial charge in [-0.1, -0.05) is 31.2 Å². The van der Waals surface area contributed by atoms with E-state index < -0.39 is 0 Å². The topological polar surface area (TPSA) is 59.0 Å². The van der Waals surface area contributed by atoms with Crippen molar-refractivity contribution in [1.82, 2.24) is 0 Å². The number of nitriles is 1. The minimum absolute atomic E-state index is 0.447. The molecule has 0 heterocycles. The van der Waals surface area contributed by atoms with Gasteiger partial charge in [-0.15, -0.1) is 0 Å². The lowest BCUT2D eigenvalue weighted by Crippen LogP contribution is -1.98. The average molecular weight is 252 g/mol. The van der Waals surface area contributed by atoms with Gasteiger partial charge in [0.25, 0.3) is 0 Å². The Bertz CT molecular complexity index is 597. The third kappa shape index (κ3) is 3.26. The van der Waals surface area contributed by atoms with Crippen molar-refractivity contribution in [1.29, 1.82) is 5.26 Å². The largest absolute Gasteiger partial charge is 0.488 e. The van der Waals surface area contributed by atoms with Crippen molar-refractivity contribution in [2.24, 2.45) is 0 Å². The van der Waals surface area contributed by atoms with Crippen LogP contribution in [0.2, 0.25) is 0 Å². The van der Waals surface area contributed by atoms with Crippen molar-refractivity contribution in [3.63, 3.8) is 0 Å². The molecule has 96 valence electrons. The molecule has 0 fully saturated rings. The summed E-state index contributed by atoms with van der Waals surface area (Å²) in [5.74, 6) is 0.566. The van der Waals surface area contributed by atoms with Crippen LogP contribution in [0.3, 0.4) is 0 Å². The molecule has 0 amide bonds. The first-order chi connectivity index (χ1) is 9.22. The molecule has 0 aliphatic rings. The predicted molar refractivity (Wildman–Crippen MR) is 75.7 cm³/mol. The highest BCUT2D eigenvalue weighted by atomic mass is 16.5. The number of anilines is 1. The number of ether oxygens (including phenoxy) is 1. The monoisotopic (exact) mass is 252 g/mol. The molecule has 0 atom stereocenters. The maximum absolute atomic E-state index is 9.02. The van der Waals surface area contributed by atoms with Crippen LogP contribution >= 0.6 is 0 Å². The van der Waals surface area contributed by atoms with Gasteiger partial charge < -0.3 is 10.5 Å². The fraction of sp³-hybridized carbons (Fsp3) is 0.188. The fourth-order valence-corrected chi connectivity index (χ4v) is 1.79. The molecule has 3 nitrogen and oxygen atoms in total. The predicted octanol–water partition coefficient (Wildman–Crippen LogP) is 3.28. The summed E-state index contributed by atoms with van der Waals surface area (Å²) in [5.41, 5.74) is 9.05. The SMILES string of the molecule is CCc1ccc(COc2ccc(N)cc2C#N)cc1. The Labute approximate surface area is 113 Å². The fourth-order valence-electron chi connectivity index (χ4n) is 1.79. The van der Waals surface area contributed by atoms with Gasteiger partial charge in [-0.3, -0.25) is 0 Å². The van der Waals surface area contributed by atoms with E-state index in [0.29, 0.717) is 23.6 Å². The quantitative estimate of drug-likeness (QED) is 0.849. The summed E-state index contributed by atoms with van der Waals surface area (Å²) in [6, 6.07) is 15.4. The van der Waals surface area contributed by atoms with Crippen molar-refractivity contribution in [2.45, 2.75) is 20.0 Å². The van der Waals surface area contributed by atoms with E-state index in [1.165, 1.54) is 5.56 Å². The van der Waals surface area contributed by atoms with Crippen molar-refractivity contribution in [3.05, 3.63) is 59.2 Å². The molecule has 0 unspecified atom stereocenters. The van der Waals surface area contributed by atoms with Crippen LogP contribution in [-0.4, -0.2) is 0 Å². The van der Waals surface area contributed by atoms with E-state index in [-0.39, 0.29) is 0 Å². The zero-order valence-corrected chi connectivity index (χ0v) is 10.9. The molecular weight excluding hydrogens is 236 g/mol. The molecule has 3 heteroatoms. The van der Waals surface area contributed by atoms with Gasteiger partial charge in [0, 0.05) is 5.69 Å². The Kier molecular flexibility index (Phi) is 4.04. The second-order valence-electron chi connectivity index (χ2n) is 4.33. The van der Waals surface area contributed by atoms with Gasteiger partial charge in [0.05, 0.1) is 5.56 Å². The Balaban J connectivity index is 2.08. The standard InChI is InChI=1S/C16H16N2O/c1-2-12-3-5-13(6-4-12)11-19-16-8-7-15(18)9-14(16)10-17/h3-9H,2,11,18H2,1H3. The molecule has 0 aliphatic carbocycles. The summed E-state index contributed by atoms with van der Waals surface area (Å²) in [6.45, 7) is 2.57. The lowest BCUT2D eigenvalue weighted by molar-refractivity contribution is 0.305. The Morgan fingerprint density at radius 1 is 1.11 bits per heavy atom. The minimum Gasteiger partial charge on any atom is -0.488 e. The number of rotatable bonds is 4. The van der Waals surface area contributed by atoms with Crippen LogP contribution in [0.4, 0.5) is 5.69 Å². The van der Waals surface area contributed by atoms with Crippen molar-refractivity contribution in [2.75, 3.05) is 5.73 Å². The third-order valence-electron chi connectivity index (χ3n) is 2.95. The lowest BCUT2D eigenvalue weighted by atomic mass is 10.1. The zero-order chi connectivity index (χ0) is 13.7. The molecule has 2 aromatic carbocycles. The summed E-state index contributed by atoms with van der Waals surface area (Å²) in [4.78, 5) is 0. The molecule has 0 radical (unpaired) electrons. The van der Waals surface area contributed by atoms with Crippen molar-refractivity contribution in [3.8, 4) is 11.8 Å². The molecule has 0 aliphatic heterocycles. The van der Waals surface area contributed by atoms with Gasteiger partial charge in [-0.05, 0) is 35.7 Å². The first-order valence-electron chi connectivity index (χ1n) is 6.23. The number of nitrogens with two attached hydrogens (primary N) is 1. The van der Waals surface area contributed by atoms with Gasteiger partial charge in [0.1, 0.15) is 18.4 Å². The maximum Gasteiger partial charge on any atom is 0.137 e. The molecule has 0 spiro atoms. The summed E-state index contributed by atoms with van der Waals surface area (Å²) in [5, 5.41) is 9.02. The number of benzene rings is 2. The Morgan fingerprint density at radius 3 is 2.42 bits per heavy atom. The highest BCUT2D eigenvalue weighted by Gasteiger charge is 2.04.